The molecule has 0 fully saturated rings. The third kappa shape index (κ3) is 2.38. The normalized spacial score (nSPS) is 23.6. The Kier molecular flexibility index (Phi) is 3.27. The molecule has 0 bridgehead atoms. The van der Waals surface area contributed by atoms with Crippen molar-refractivity contribution in [2.45, 2.75) is 37.1 Å². The highest BCUT2D eigenvalue weighted by Crippen LogP contribution is 2.37. The molecule has 4 heteroatoms. The fourth-order valence-electron chi connectivity index (χ4n) is 2.55. The maximum absolute atomic E-state index is 12.0. The summed E-state index contributed by atoms with van der Waals surface area (Å²) in [4.78, 5) is 0.476. The van der Waals surface area contributed by atoms with Crippen molar-refractivity contribution in [2.24, 2.45) is 11.7 Å². The van der Waals surface area contributed by atoms with Crippen LogP contribution in [0.1, 0.15) is 31.7 Å². The van der Waals surface area contributed by atoms with Crippen molar-refractivity contribution in [3.63, 3.8) is 0 Å². The molecule has 1 aliphatic rings. The van der Waals surface area contributed by atoms with E-state index in [0.29, 0.717) is 10.8 Å². The van der Waals surface area contributed by atoms with Crippen LogP contribution in [-0.4, -0.2) is 20.2 Å². The lowest BCUT2D eigenvalue weighted by molar-refractivity contribution is 0.451. The molecule has 2 atom stereocenters. The van der Waals surface area contributed by atoms with Gasteiger partial charge >= 0.3 is 0 Å². The van der Waals surface area contributed by atoms with E-state index in [4.69, 9.17) is 5.73 Å². The van der Waals surface area contributed by atoms with E-state index in [-0.39, 0.29) is 17.7 Å². The van der Waals surface area contributed by atoms with Gasteiger partial charge in [-0.1, -0.05) is 32.0 Å². The molecule has 0 saturated heterocycles. The number of hydrogen-bond donors (Lipinski definition) is 1. The van der Waals surface area contributed by atoms with Gasteiger partial charge in [0.05, 0.1) is 10.6 Å². The molecule has 2 unspecified atom stereocenters. The molecule has 1 heterocycles. The first kappa shape index (κ1) is 12.6. The topological polar surface area (TPSA) is 60.2 Å². The molecule has 3 nitrogen and oxygen atoms in total. The quantitative estimate of drug-likeness (QED) is 0.895. The van der Waals surface area contributed by atoms with E-state index in [1.165, 1.54) is 0 Å². The van der Waals surface area contributed by atoms with Crippen LogP contribution in [0, 0.1) is 5.92 Å². The standard InChI is InChI=1S/C13H19NO2S/c1-9(2)7-12(14)11-8-17(15,16)13-6-4-3-5-10(11)13/h3-6,9,11-12H,7-8,14H2,1-2H3. The van der Waals surface area contributed by atoms with Crippen molar-refractivity contribution in [1.29, 1.82) is 0 Å². The Balaban J connectivity index is 2.35. The number of rotatable bonds is 3. The molecule has 0 spiro atoms. The third-order valence-corrected chi connectivity index (χ3v) is 5.15. The van der Waals surface area contributed by atoms with Crippen molar-refractivity contribution in [3.8, 4) is 0 Å². The molecule has 1 aliphatic heterocycles. The summed E-state index contributed by atoms with van der Waals surface area (Å²) >= 11 is 0. The summed E-state index contributed by atoms with van der Waals surface area (Å²) in [6.07, 6.45) is 0.856. The number of benzene rings is 1. The summed E-state index contributed by atoms with van der Waals surface area (Å²) in [6.45, 7) is 4.21. The van der Waals surface area contributed by atoms with Gasteiger partial charge in [-0.25, -0.2) is 8.42 Å². The molecular formula is C13H19NO2S. The Bertz CT molecular complexity index is 508. The van der Waals surface area contributed by atoms with Crippen LogP contribution in [0.25, 0.3) is 0 Å². The van der Waals surface area contributed by atoms with Crippen LogP contribution in [0.2, 0.25) is 0 Å². The fraction of sp³-hybridized carbons (Fsp3) is 0.538. The molecule has 1 aromatic rings. The van der Waals surface area contributed by atoms with Gasteiger partial charge in [0.2, 0.25) is 0 Å². The van der Waals surface area contributed by atoms with Crippen molar-refractivity contribution in [2.75, 3.05) is 5.75 Å². The molecule has 0 aliphatic carbocycles. The van der Waals surface area contributed by atoms with Crippen molar-refractivity contribution >= 4 is 9.84 Å². The number of hydrogen-bond acceptors (Lipinski definition) is 3. The van der Waals surface area contributed by atoms with Gasteiger partial charge in [0.1, 0.15) is 0 Å². The van der Waals surface area contributed by atoms with Gasteiger partial charge in [-0.3, -0.25) is 0 Å². The summed E-state index contributed by atoms with van der Waals surface area (Å²) in [7, 11) is -3.12. The first-order valence-electron chi connectivity index (χ1n) is 5.99. The lowest BCUT2D eigenvalue weighted by atomic mass is 9.89. The zero-order chi connectivity index (χ0) is 12.6. The summed E-state index contributed by atoms with van der Waals surface area (Å²) < 4.78 is 24.0. The van der Waals surface area contributed by atoms with E-state index in [9.17, 15) is 8.42 Å². The predicted molar refractivity (Wildman–Crippen MR) is 68.7 cm³/mol. The Hall–Kier alpha value is -0.870. The minimum Gasteiger partial charge on any atom is -0.327 e. The second-order valence-corrected chi connectivity index (χ2v) is 7.22. The zero-order valence-electron chi connectivity index (χ0n) is 10.3. The van der Waals surface area contributed by atoms with Crippen LogP contribution in [0.5, 0.6) is 0 Å². The molecule has 0 saturated carbocycles. The minimum absolute atomic E-state index is 0.0430. The van der Waals surface area contributed by atoms with Crippen LogP contribution in [0.4, 0.5) is 0 Å². The van der Waals surface area contributed by atoms with Gasteiger partial charge in [0.15, 0.2) is 9.84 Å². The Morgan fingerprint density at radius 2 is 2.00 bits per heavy atom. The van der Waals surface area contributed by atoms with Crippen molar-refractivity contribution in [3.05, 3.63) is 29.8 Å². The first-order chi connectivity index (χ1) is 7.92. The number of nitrogens with two attached hydrogens (primary N) is 1. The van der Waals surface area contributed by atoms with E-state index >= 15 is 0 Å². The molecule has 0 radical (unpaired) electrons. The van der Waals surface area contributed by atoms with Crippen LogP contribution in [0.3, 0.4) is 0 Å². The van der Waals surface area contributed by atoms with Gasteiger partial charge < -0.3 is 5.73 Å². The number of sulfone groups is 1. The van der Waals surface area contributed by atoms with Crippen LogP contribution >= 0.6 is 0 Å². The van der Waals surface area contributed by atoms with Gasteiger partial charge in [0, 0.05) is 12.0 Å². The molecular weight excluding hydrogens is 234 g/mol. The maximum Gasteiger partial charge on any atom is 0.179 e. The van der Waals surface area contributed by atoms with Crippen molar-refractivity contribution < 1.29 is 8.42 Å². The Labute approximate surface area is 103 Å². The maximum atomic E-state index is 12.0. The van der Waals surface area contributed by atoms with E-state index < -0.39 is 9.84 Å². The molecule has 2 rings (SSSR count). The third-order valence-electron chi connectivity index (χ3n) is 3.31. The molecule has 17 heavy (non-hydrogen) atoms. The first-order valence-corrected chi connectivity index (χ1v) is 7.64. The lowest BCUT2D eigenvalue weighted by Gasteiger charge is -2.20. The lowest BCUT2D eigenvalue weighted by Crippen LogP contribution is -2.31. The largest absolute Gasteiger partial charge is 0.327 e. The highest BCUT2D eigenvalue weighted by Gasteiger charge is 2.37. The van der Waals surface area contributed by atoms with Crippen LogP contribution in [0.15, 0.2) is 29.2 Å². The van der Waals surface area contributed by atoms with E-state index in [0.717, 1.165) is 12.0 Å². The van der Waals surface area contributed by atoms with Crippen LogP contribution < -0.4 is 5.73 Å². The van der Waals surface area contributed by atoms with Gasteiger partial charge in [-0.2, -0.15) is 0 Å². The number of fused-ring (bicyclic) bond motifs is 1. The second kappa shape index (κ2) is 4.42. The van der Waals surface area contributed by atoms with Gasteiger partial charge in [-0.05, 0) is 24.0 Å². The summed E-state index contributed by atoms with van der Waals surface area (Å²) in [5, 5.41) is 0. The second-order valence-electron chi connectivity index (χ2n) is 5.22. The molecule has 0 aromatic heterocycles. The average molecular weight is 253 g/mol. The highest BCUT2D eigenvalue weighted by atomic mass is 32.2. The van der Waals surface area contributed by atoms with Crippen molar-refractivity contribution in [1.82, 2.24) is 0 Å². The van der Waals surface area contributed by atoms with E-state index in [1.54, 1.807) is 12.1 Å². The summed E-state index contributed by atoms with van der Waals surface area (Å²) in [5.41, 5.74) is 7.05. The fourth-order valence-corrected chi connectivity index (χ4v) is 4.49. The Morgan fingerprint density at radius 3 is 2.65 bits per heavy atom. The molecule has 1 aromatic carbocycles. The SMILES string of the molecule is CC(C)CC(N)C1CS(=O)(=O)c2ccccc21. The average Bonchev–Trinajstić information content (AvgIpc) is 2.51. The van der Waals surface area contributed by atoms with E-state index in [1.807, 2.05) is 12.1 Å². The van der Waals surface area contributed by atoms with Crippen LogP contribution in [-0.2, 0) is 9.84 Å². The zero-order valence-corrected chi connectivity index (χ0v) is 11.1. The smallest absolute Gasteiger partial charge is 0.179 e. The molecule has 2 N–H and O–H groups in total. The monoisotopic (exact) mass is 253 g/mol. The van der Waals surface area contributed by atoms with E-state index in [2.05, 4.69) is 13.8 Å². The molecule has 0 amide bonds. The minimum atomic E-state index is -3.12. The van der Waals surface area contributed by atoms with Gasteiger partial charge in [-0.15, -0.1) is 0 Å². The highest BCUT2D eigenvalue weighted by molar-refractivity contribution is 7.91. The predicted octanol–water partition coefficient (Wildman–Crippen LogP) is 1.93. The van der Waals surface area contributed by atoms with Gasteiger partial charge in [0.25, 0.3) is 0 Å². The molecule has 94 valence electrons. The Morgan fingerprint density at radius 1 is 1.35 bits per heavy atom. The summed E-state index contributed by atoms with van der Waals surface area (Å²) in [6, 6.07) is 7.16. The summed E-state index contributed by atoms with van der Waals surface area (Å²) in [5.74, 6) is 0.610.